The molecule has 8 nitrogen and oxygen atoms in total. The maximum atomic E-state index is 13.1. The first-order chi connectivity index (χ1) is 15.7. The van der Waals surface area contributed by atoms with Crippen molar-refractivity contribution < 1.29 is 29.0 Å². The van der Waals surface area contributed by atoms with Crippen molar-refractivity contribution in [3.63, 3.8) is 0 Å². The van der Waals surface area contributed by atoms with Crippen LogP contribution in [-0.2, 0) is 19.1 Å². The number of carboxylic acid groups (broad SMARTS) is 1. The van der Waals surface area contributed by atoms with Crippen molar-refractivity contribution in [3.8, 4) is 11.1 Å². The maximum absolute atomic E-state index is 13.1. The number of aliphatic carboxylic acids is 1. The number of hydrogen-bond acceptors (Lipinski definition) is 5. The fourth-order valence-corrected chi connectivity index (χ4v) is 4.49. The zero-order chi connectivity index (χ0) is 23.8. The number of nitrogens with one attached hydrogen (secondary N) is 1. The van der Waals surface area contributed by atoms with Crippen LogP contribution >= 0.6 is 0 Å². The van der Waals surface area contributed by atoms with Crippen LogP contribution in [0.4, 0.5) is 4.79 Å². The number of carbonyl (C=O) groups is 3. The second-order valence-electron chi connectivity index (χ2n) is 8.94. The number of nitrogens with zero attached hydrogens (tertiary/aromatic N) is 1. The van der Waals surface area contributed by atoms with Crippen LogP contribution in [0.15, 0.2) is 48.5 Å². The minimum Gasteiger partial charge on any atom is -0.480 e. The van der Waals surface area contributed by atoms with Gasteiger partial charge < -0.3 is 19.9 Å². The third-order valence-electron chi connectivity index (χ3n) is 6.30. The smallest absolute Gasteiger partial charge is 0.410 e. The van der Waals surface area contributed by atoms with E-state index >= 15 is 0 Å². The van der Waals surface area contributed by atoms with Crippen LogP contribution in [0.3, 0.4) is 0 Å². The highest BCUT2D eigenvalue weighted by atomic mass is 16.6. The average molecular weight is 453 g/mol. The molecular weight excluding hydrogens is 424 g/mol. The van der Waals surface area contributed by atoms with Crippen LogP contribution in [0.5, 0.6) is 0 Å². The standard InChI is InChI=1S/C25H28N2O6/c1-15-21(22(28)26-25(2,3)23(29)30)27(12-13-32-15)24(31)33-14-20-18-10-6-4-8-16(18)17-9-5-7-11-19(17)20/h4-11,15,20-21H,12-14H2,1-3H3,(H,26,28)(H,29,30)/t15-,21+/m0/s1. The Labute approximate surface area is 192 Å². The van der Waals surface area contributed by atoms with E-state index < -0.39 is 35.7 Å². The first kappa shape index (κ1) is 22.8. The lowest BCUT2D eigenvalue weighted by Crippen LogP contribution is -2.63. The van der Waals surface area contributed by atoms with Gasteiger partial charge in [-0.2, -0.15) is 0 Å². The van der Waals surface area contributed by atoms with Crippen molar-refractivity contribution in [2.45, 2.75) is 44.4 Å². The van der Waals surface area contributed by atoms with Crippen molar-refractivity contribution in [2.24, 2.45) is 0 Å². The lowest BCUT2D eigenvalue weighted by Gasteiger charge is -2.39. The van der Waals surface area contributed by atoms with E-state index in [-0.39, 0.29) is 25.7 Å². The summed E-state index contributed by atoms with van der Waals surface area (Å²) < 4.78 is 11.3. The molecule has 1 aliphatic heterocycles. The molecule has 4 rings (SSSR count). The van der Waals surface area contributed by atoms with Gasteiger partial charge in [-0.25, -0.2) is 9.59 Å². The van der Waals surface area contributed by atoms with E-state index in [4.69, 9.17) is 9.47 Å². The number of ether oxygens (including phenoxy) is 2. The molecule has 1 aliphatic carbocycles. The van der Waals surface area contributed by atoms with Gasteiger partial charge in [0.15, 0.2) is 0 Å². The van der Waals surface area contributed by atoms with Crippen LogP contribution in [0.25, 0.3) is 11.1 Å². The molecule has 0 aromatic heterocycles. The second kappa shape index (κ2) is 8.86. The number of carboxylic acids is 1. The number of fused-ring (bicyclic) bond motifs is 3. The fourth-order valence-electron chi connectivity index (χ4n) is 4.49. The topological polar surface area (TPSA) is 105 Å². The molecule has 0 radical (unpaired) electrons. The molecule has 1 fully saturated rings. The van der Waals surface area contributed by atoms with E-state index in [1.807, 2.05) is 36.4 Å². The first-order valence-electron chi connectivity index (χ1n) is 11.0. The number of morpholine rings is 1. The Kier molecular flexibility index (Phi) is 6.12. The summed E-state index contributed by atoms with van der Waals surface area (Å²) in [5.74, 6) is -1.87. The highest BCUT2D eigenvalue weighted by molar-refractivity contribution is 5.91. The van der Waals surface area contributed by atoms with Crippen molar-refractivity contribution in [3.05, 3.63) is 59.7 Å². The van der Waals surface area contributed by atoms with Gasteiger partial charge in [-0.15, -0.1) is 0 Å². The molecule has 1 saturated heterocycles. The van der Waals surface area contributed by atoms with Crippen LogP contribution in [0.1, 0.15) is 37.8 Å². The summed E-state index contributed by atoms with van der Waals surface area (Å²) in [4.78, 5) is 38.8. The van der Waals surface area contributed by atoms with Gasteiger partial charge in [0.05, 0.1) is 12.7 Å². The zero-order valence-corrected chi connectivity index (χ0v) is 18.9. The molecule has 33 heavy (non-hydrogen) atoms. The van der Waals surface area contributed by atoms with E-state index in [9.17, 15) is 19.5 Å². The van der Waals surface area contributed by atoms with Gasteiger partial charge in [-0.1, -0.05) is 48.5 Å². The van der Waals surface area contributed by atoms with Crippen LogP contribution < -0.4 is 5.32 Å². The summed E-state index contributed by atoms with van der Waals surface area (Å²) in [6.07, 6.45) is -1.23. The van der Waals surface area contributed by atoms with Crippen LogP contribution in [-0.4, -0.2) is 65.4 Å². The van der Waals surface area contributed by atoms with Gasteiger partial charge >= 0.3 is 12.1 Å². The number of amides is 2. The Morgan fingerprint density at radius 1 is 1.09 bits per heavy atom. The first-order valence-corrected chi connectivity index (χ1v) is 11.0. The summed E-state index contributed by atoms with van der Waals surface area (Å²) in [6.45, 7) is 5.02. The van der Waals surface area contributed by atoms with E-state index in [0.717, 1.165) is 22.3 Å². The molecule has 2 aromatic carbocycles. The number of hydrogen-bond donors (Lipinski definition) is 2. The molecule has 2 atom stereocenters. The highest BCUT2D eigenvalue weighted by Gasteiger charge is 2.42. The number of benzene rings is 2. The lowest BCUT2D eigenvalue weighted by atomic mass is 9.98. The Bertz CT molecular complexity index is 1040. The average Bonchev–Trinajstić information content (AvgIpc) is 3.10. The van der Waals surface area contributed by atoms with Crippen molar-refractivity contribution >= 4 is 18.0 Å². The molecule has 8 heteroatoms. The summed E-state index contributed by atoms with van der Waals surface area (Å²) in [6, 6.07) is 15.1. The van der Waals surface area contributed by atoms with Crippen LogP contribution in [0.2, 0.25) is 0 Å². The van der Waals surface area contributed by atoms with E-state index in [1.165, 1.54) is 18.7 Å². The van der Waals surface area contributed by atoms with E-state index in [2.05, 4.69) is 17.4 Å². The van der Waals surface area contributed by atoms with Gasteiger partial charge in [0.2, 0.25) is 5.91 Å². The van der Waals surface area contributed by atoms with Gasteiger partial charge in [0.1, 0.15) is 18.2 Å². The number of rotatable bonds is 5. The van der Waals surface area contributed by atoms with E-state index in [1.54, 1.807) is 6.92 Å². The van der Waals surface area contributed by atoms with Crippen molar-refractivity contribution in [1.29, 1.82) is 0 Å². The molecular formula is C25H28N2O6. The Morgan fingerprint density at radius 3 is 2.24 bits per heavy atom. The quantitative estimate of drug-likeness (QED) is 0.723. The minimum atomic E-state index is -1.49. The Balaban J connectivity index is 1.50. The van der Waals surface area contributed by atoms with E-state index in [0.29, 0.717) is 0 Å². The summed E-state index contributed by atoms with van der Waals surface area (Å²) >= 11 is 0. The molecule has 0 bridgehead atoms. The maximum Gasteiger partial charge on any atom is 0.410 e. The summed E-state index contributed by atoms with van der Waals surface area (Å²) in [5, 5.41) is 11.8. The Hall–Kier alpha value is -3.39. The molecule has 2 aliphatic rings. The fraction of sp³-hybridized carbons (Fsp3) is 0.400. The molecule has 174 valence electrons. The second-order valence-corrected chi connectivity index (χ2v) is 8.94. The molecule has 0 unspecified atom stereocenters. The summed E-state index contributed by atoms with van der Waals surface area (Å²) in [5.41, 5.74) is 2.96. The minimum absolute atomic E-state index is 0.0990. The molecule has 0 spiro atoms. The van der Waals surface area contributed by atoms with Crippen molar-refractivity contribution in [1.82, 2.24) is 10.2 Å². The molecule has 1 heterocycles. The molecule has 2 N–H and O–H groups in total. The highest BCUT2D eigenvalue weighted by Crippen LogP contribution is 2.44. The normalized spacial score (nSPS) is 20.0. The lowest BCUT2D eigenvalue weighted by molar-refractivity contribution is -0.149. The Morgan fingerprint density at radius 2 is 1.67 bits per heavy atom. The SMILES string of the molecule is C[C@@H]1OCCN(C(=O)OCC2c3ccccc3-c3ccccc32)[C@H]1C(=O)NC(C)(C)C(=O)O. The molecule has 0 saturated carbocycles. The molecule has 2 aromatic rings. The van der Waals surface area contributed by atoms with Crippen molar-refractivity contribution in [2.75, 3.05) is 19.8 Å². The monoisotopic (exact) mass is 452 g/mol. The number of carbonyl (C=O) groups excluding carboxylic acids is 2. The zero-order valence-electron chi connectivity index (χ0n) is 18.9. The predicted molar refractivity (Wildman–Crippen MR) is 121 cm³/mol. The van der Waals surface area contributed by atoms with Gasteiger partial charge in [0.25, 0.3) is 0 Å². The van der Waals surface area contributed by atoms with Gasteiger partial charge in [-0.05, 0) is 43.0 Å². The molecule has 2 amide bonds. The predicted octanol–water partition coefficient (Wildman–Crippen LogP) is 3.00. The van der Waals surface area contributed by atoms with Gasteiger partial charge in [0, 0.05) is 12.5 Å². The summed E-state index contributed by atoms with van der Waals surface area (Å²) in [7, 11) is 0. The third kappa shape index (κ3) is 4.30. The van der Waals surface area contributed by atoms with Crippen LogP contribution in [0, 0.1) is 0 Å². The third-order valence-corrected chi connectivity index (χ3v) is 6.30. The largest absolute Gasteiger partial charge is 0.480 e. The van der Waals surface area contributed by atoms with Gasteiger partial charge in [-0.3, -0.25) is 9.69 Å².